The molecule has 2 nitrogen and oxygen atoms in total. The first kappa shape index (κ1) is 13.0. The number of anilines is 1. The van der Waals surface area contributed by atoms with Gasteiger partial charge in [-0.3, -0.25) is 4.21 Å². The van der Waals surface area contributed by atoms with Crippen LogP contribution in [-0.4, -0.2) is 16.1 Å². The van der Waals surface area contributed by atoms with Crippen LogP contribution in [0.4, 0.5) is 18.9 Å². The molecule has 6 heteroatoms. The Morgan fingerprint density at radius 2 is 2.00 bits per heavy atom. The number of aryl methyl sites for hydroxylation is 1. The van der Waals surface area contributed by atoms with Crippen molar-refractivity contribution in [3.8, 4) is 0 Å². The third kappa shape index (κ3) is 3.84. The highest BCUT2D eigenvalue weighted by atomic mass is 32.2. The fourth-order valence-corrected chi connectivity index (χ4v) is 2.37. The average molecular weight is 251 g/mol. The van der Waals surface area contributed by atoms with Gasteiger partial charge in [-0.1, -0.05) is 6.07 Å². The fraction of sp³-hybridized carbons (Fsp3) is 0.400. The van der Waals surface area contributed by atoms with E-state index in [1.54, 1.807) is 19.1 Å². The van der Waals surface area contributed by atoms with Gasteiger partial charge in [0.25, 0.3) is 0 Å². The normalized spacial score (nSPS) is 13.8. The summed E-state index contributed by atoms with van der Waals surface area (Å²) in [5, 5.41) is 0. The molecule has 0 saturated carbocycles. The Balaban J connectivity index is 2.74. The molecular weight excluding hydrogens is 239 g/mol. The zero-order chi connectivity index (χ0) is 12.3. The summed E-state index contributed by atoms with van der Waals surface area (Å²) in [6, 6.07) is 4.79. The van der Waals surface area contributed by atoms with E-state index < -0.39 is 29.1 Å². The van der Waals surface area contributed by atoms with E-state index in [1.807, 2.05) is 0 Å². The van der Waals surface area contributed by atoms with Crippen LogP contribution in [0.2, 0.25) is 0 Å². The van der Waals surface area contributed by atoms with Crippen molar-refractivity contribution in [1.82, 2.24) is 0 Å². The number of benzene rings is 1. The Kier molecular flexibility index (Phi) is 3.96. The van der Waals surface area contributed by atoms with Crippen LogP contribution in [-0.2, 0) is 10.8 Å². The molecule has 1 aromatic carbocycles. The van der Waals surface area contributed by atoms with Gasteiger partial charge in [-0.05, 0) is 24.6 Å². The van der Waals surface area contributed by atoms with Crippen LogP contribution >= 0.6 is 0 Å². The predicted octanol–water partition coefficient (Wildman–Crippen LogP) is 2.64. The van der Waals surface area contributed by atoms with Gasteiger partial charge in [0, 0.05) is 11.4 Å². The first-order chi connectivity index (χ1) is 7.29. The molecule has 1 rings (SSSR count). The van der Waals surface area contributed by atoms with E-state index in [-0.39, 0.29) is 10.6 Å². The summed E-state index contributed by atoms with van der Waals surface area (Å²) in [4.78, 5) is 0.273. The fourth-order valence-electron chi connectivity index (χ4n) is 1.19. The van der Waals surface area contributed by atoms with Gasteiger partial charge in [0.05, 0.1) is 22.1 Å². The van der Waals surface area contributed by atoms with Crippen molar-refractivity contribution in [2.45, 2.75) is 24.4 Å². The van der Waals surface area contributed by atoms with E-state index in [9.17, 15) is 17.4 Å². The maximum Gasteiger partial charge on any atom is 0.390 e. The molecule has 16 heavy (non-hydrogen) atoms. The maximum atomic E-state index is 11.9. The van der Waals surface area contributed by atoms with Gasteiger partial charge in [0.2, 0.25) is 0 Å². The molecule has 1 aromatic rings. The maximum absolute atomic E-state index is 11.9. The first-order valence-electron chi connectivity index (χ1n) is 4.61. The molecule has 1 unspecified atom stereocenters. The van der Waals surface area contributed by atoms with Gasteiger partial charge in [0.15, 0.2) is 0 Å². The second kappa shape index (κ2) is 4.86. The number of nitrogens with two attached hydrogens (primary N) is 1. The molecule has 2 N–H and O–H groups in total. The van der Waals surface area contributed by atoms with E-state index in [0.29, 0.717) is 0 Å². The molecule has 0 aliphatic carbocycles. The summed E-state index contributed by atoms with van der Waals surface area (Å²) in [5.74, 6) is -0.448. The number of hydrogen-bond donors (Lipinski definition) is 1. The average Bonchev–Trinajstić information content (AvgIpc) is 2.13. The minimum absolute atomic E-state index is 0.273. The number of nitrogen functional groups attached to an aromatic ring is 1. The molecule has 1 atom stereocenters. The Bertz CT molecular complexity index is 404. The summed E-state index contributed by atoms with van der Waals surface area (Å²) in [6.07, 6.45) is -5.35. The van der Waals surface area contributed by atoms with E-state index in [1.165, 1.54) is 6.07 Å². The number of alkyl halides is 3. The lowest BCUT2D eigenvalue weighted by Crippen LogP contribution is -2.13. The number of halogens is 3. The molecular formula is C10H12F3NOS. The van der Waals surface area contributed by atoms with Crippen molar-refractivity contribution in [3.05, 3.63) is 23.8 Å². The van der Waals surface area contributed by atoms with E-state index in [4.69, 9.17) is 5.73 Å². The van der Waals surface area contributed by atoms with Crippen LogP contribution in [0.15, 0.2) is 23.1 Å². The van der Waals surface area contributed by atoms with Gasteiger partial charge in [-0.15, -0.1) is 0 Å². The van der Waals surface area contributed by atoms with Gasteiger partial charge < -0.3 is 5.73 Å². The Morgan fingerprint density at radius 1 is 1.38 bits per heavy atom. The summed E-state index contributed by atoms with van der Waals surface area (Å²) in [7, 11) is -1.69. The number of hydrogen-bond acceptors (Lipinski definition) is 2. The Hall–Kier alpha value is -1.04. The molecule has 0 radical (unpaired) electrons. The van der Waals surface area contributed by atoms with Gasteiger partial charge in [0.1, 0.15) is 0 Å². The third-order valence-corrected chi connectivity index (χ3v) is 3.42. The number of rotatable bonds is 3. The highest BCUT2D eigenvalue weighted by molar-refractivity contribution is 7.85. The lowest BCUT2D eigenvalue weighted by atomic mass is 10.2. The largest absolute Gasteiger partial charge is 0.398 e. The molecule has 90 valence electrons. The van der Waals surface area contributed by atoms with E-state index in [0.717, 1.165) is 5.56 Å². The van der Waals surface area contributed by atoms with Crippen LogP contribution in [0.5, 0.6) is 0 Å². The monoisotopic (exact) mass is 251 g/mol. The van der Waals surface area contributed by atoms with Crippen molar-refractivity contribution < 1.29 is 17.4 Å². The molecule has 0 aliphatic heterocycles. The van der Waals surface area contributed by atoms with Crippen molar-refractivity contribution in [2.24, 2.45) is 0 Å². The second-order valence-electron chi connectivity index (χ2n) is 3.46. The van der Waals surface area contributed by atoms with Gasteiger partial charge in [-0.25, -0.2) is 0 Å². The first-order valence-corrected chi connectivity index (χ1v) is 5.93. The van der Waals surface area contributed by atoms with Crippen molar-refractivity contribution in [1.29, 1.82) is 0 Å². The molecule has 0 amide bonds. The standard InChI is InChI=1S/C10H12F3NOS/c1-7-2-3-9(8(14)6-7)16(15)5-4-10(11,12)13/h2-3,6H,4-5,14H2,1H3. The lowest BCUT2D eigenvalue weighted by molar-refractivity contribution is -0.129. The van der Waals surface area contributed by atoms with Crippen LogP contribution in [0.25, 0.3) is 0 Å². The SMILES string of the molecule is Cc1ccc(S(=O)CCC(F)(F)F)c(N)c1. The van der Waals surface area contributed by atoms with Crippen LogP contribution in [0, 0.1) is 6.92 Å². The highest BCUT2D eigenvalue weighted by Crippen LogP contribution is 2.23. The molecule has 0 spiro atoms. The summed E-state index contributed by atoms with van der Waals surface area (Å²) in [6.45, 7) is 1.80. The molecule has 0 aromatic heterocycles. The Labute approximate surface area is 94.1 Å². The van der Waals surface area contributed by atoms with Crippen LogP contribution < -0.4 is 5.73 Å². The minimum Gasteiger partial charge on any atom is -0.398 e. The van der Waals surface area contributed by atoms with Crippen LogP contribution in [0.1, 0.15) is 12.0 Å². The molecule has 0 fully saturated rings. The molecule has 0 saturated heterocycles. The van der Waals surface area contributed by atoms with Crippen molar-refractivity contribution >= 4 is 16.5 Å². The zero-order valence-electron chi connectivity index (χ0n) is 8.67. The second-order valence-corrected chi connectivity index (χ2v) is 5.00. The smallest absolute Gasteiger partial charge is 0.390 e. The topological polar surface area (TPSA) is 43.1 Å². The van der Waals surface area contributed by atoms with Crippen molar-refractivity contribution in [3.63, 3.8) is 0 Å². The molecule has 0 heterocycles. The van der Waals surface area contributed by atoms with Gasteiger partial charge in [-0.2, -0.15) is 13.2 Å². The highest BCUT2D eigenvalue weighted by Gasteiger charge is 2.28. The molecule has 0 aliphatic rings. The third-order valence-electron chi connectivity index (χ3n) is 1.98. The predicted molar refractivity (Wildman–Crippen MR) is 57.5 cm³/mol. The lowest BCUT2D eigenvalue weighted by Gasteiger charge is -2.08. The minimum atomic E-state index is -4.28. The quantitative estimate of drug-likeness (QED) is 0.839. The summed E-state index contributed by atoms with van der Waals surface area (Å²) >= 11 is 0. The molecule has 0 bridgehead atoms. The van der Waals surface area contributed by atoms with Crippen molar-refractivity contribution in [2.75, 3.05) is 11.5 Å². The summed E-state index contributed by atoms with van der Waals surface area (Å²) < 4.78 is 47.3. The Morgan fingerprint density at radius 3 is 2.50 bits per heavy atom. The zero-order valence-corrected chi connectivity index (χ0v) is 9.49. The summed E-state index contributed by atoms with van der Waals surface area (Å²) in [5.41, 5.74) is 6.75. The van der Waals surface area contributed by atoms with Gasteiger partial charge >= 0.3 is 6.18 Å². The van der Waals surface area contributed by atoms with E-state index in [2.05, 4.69) is 0 Å². The van der Waals surface area contributed by atoms with Crippen LogP contribution in [0.3, 0.4) is 0 Å². The van der Waals surface area contributed by atoms with E-state index >= 15 is 0 Å².